The van der Waals surface area contributed by atoms with Gasteiger partial charge < -0.3 is 14.2 Å². The first kappa shape index (κ1) is 20.0. The molecule has 152 valence electrons. The van der Waals surface area contributed by atoms with Gasteiger partial charge in [0.2, 0.25) is 0 Å². The van der Waals surface area contributed by atoms with Crippen molar-refractivity contribution in [3.8, 4) is 0 Å². The molecule has 0 spiro atoms. The standard InChI is InChI=1S/C21H21BF3NO3/c1-20(2)21(3,4)29-22(28-20)13-8-16(24)14(17(25)9-13)11-26-10-12-6-5-7-15(23)18(12)19(26)27/h5-9H,10-11H2,1-4H3. The van der Waals surface area contributed by atoms with Gasteiger partial charge in [-0.15, -0.1) is 0 Å². The summed E-state index contributed by atoms with van der Waals surface area (Å²) in [5.41, 5.74) is -0.842. The molecular weight excluding hydrogens is 382 g/mol. The van der Waals surface area contributed by atoms with Gasteiger partial charge in [-0.3, -0.25) is 4.79 Å². The molecule has 29 heavy (non-hydrogen) atoms. The summed E-state index contributed by atoms with van der Waals surface area (Å²) in [7, 11) is -0.898. The number of halogens is 3. The molecule has 1 saturated heterocycles. The number of carbonyl (C=O) groups is 1. The van der Waals surface area contributed by atoms with Crippen LogP contribution in [-0.2, 0) is 22.4 Å². The van der Waals surface area contributed by atoms with Crippen molar-refractivity contribution in [3.05, 3.63) is 64.5 Å². The lowest BCUT2D eigenvalue weighted by Crippen LogP contribution is -2.41. The van der Waals surface area contributed by atoms with Crippen LogP contribution in [0.3, 0.4) is 0 Å². The summed E-state index contributed by atoms with van der Waals surface area (Å²) in [5.74, 6) is -2.82. The number of hydrogen-bond donors (Lipinski definition) is 0. The SMILES string of the molecule is CC1(C)OB(c2cc(F)c(CN3Cc4cccc(F)c4C3=O)c(F)c2)OC1(C)C. The highest BCUT2D eigenvalue weighted by Crippen LogP contribution is 2.36. The molecule has 0 atom stereocenters. The first-order valence-electron chi connectivity index (χ1n) is 9.40. The molecular formula is C21H21BF3NO3. The Morgan fingerprint density at radius 3 is 2.14 bits per heavy atom. The summed E-state index contributed by atoms with van der Waals surface area (Å²) in [6.45, 7) is 7.21. The molecule has 4 rings (SSSR count). The molecule has 0 aliphatic carbocycles. The van der Waals surface area contributed by atoms with E-state index in [4.69, 9.17) is 9.31 Å². The minimum absolute atomic E-state index is 0.0397. The van der Waals surface area contributed by atoms with Crippen molar-refractivity contribution in [2.75, 3.05) is 0 Å². The maximum Gasteiger partial charge on any atom is 0.495 e. The topological polar surface area (TPSA) is 38.8 Å². The Kier molecular flexibility index (Phi) is 4.55. The van der Waals surface area contributed by atoms with Gasteiger partial charge in [0.05, 0.1) is 23.3 Å². The molecule has 8 heteroatoms. The van der Waals surface area contributed by atoms with E-state index in [-0.39, 0.29) is 29.7 Å². The Labute approximate surface area is 167 Å². The summed E-state index contributed by atoms with van der Waals surface area (Å²) in [4.78, 5) is 13.7. The maximum absolute atomic E-state index is 14.8. The minimum atomic E-state index is -0.898. The van der Waals surface area contributed by atoms with Crippen molar-refractivity contribution in [2.45, 2.75) is 52.0 Å². The van der Waals surface area contributed by atoms with Crippen LogP contribution in [0.2, 0.25) is 0 Å². The molecule has 2 heterocycles. The Balaban J connectivity index is 1.58. The number of carbonyl (C=O) groups excluding carboxylic acids is 1. The minimum Gasteiger partial charge on any atom is -0.399 e. The third kappa shape index (κ3) is 3.24. The van der Waals surface area contributed by atoms with E-state index in [2.05, 4.69) is 0 Å². The Morgan fingerprint density at radius 2 is 1.59 bits per heavy atom. The second kappa shape index (κ2) is 6.60. The molecule has 0 saturated carbocycles. The van der Waals surface area contributed by atoms with Gasteiger partial charge in [-0.25, -0.2) is 13.2 Å². The van der Waals surface area contributed by atoms with Crippen molar-refractivity contribution in [3.63, 3.8) is 0 Å². The number of hydrogen-bond acceptors (Lipinski definition) is 3. The average molecular weight is 403 g/mol. The third-order valence-corrected chi connectivity index (χ3v) is 6.00. The Hall–Kier alpha value is -2.32. The number of amides is 1. The van der Waals surface area contributed by atoms with Gasteiger partial charge in [0, 0.05) is 12.1 Å². The summed E-state index contributed by atoms with van der Waals surface area (Å²) in [5, 5.41) is 0. The average Bonchev–Trinajstić information content (AvgIpc) is 3.04. The van der Waals surface area contributed by atoms with Crippen molar-refractivity contribution in [1.29, 1.82) is 0 Å². The highest BCUT2D eigenvalue weighted by atomic mass is 19.1. The van der Waals surface area contributed by atoms with E-state index in [0.29, 0.717) is 5.56 Å². The van der Waals surface area contributed by atoms with Crippen LogP contribution >= 0.6 is 0 Å². The maximum atomic E-state index is 14.8. The quantitative estimate of drug-likeness (QED) is 0.736. The zero-order valence-corrected chi connectivity index (χ0v) is 16.7. The highest BCUT2D eigenvalue weighted by Gasteiger charge is 2.52. The molecule has 4 nitrogen and oxygen atoms in total. The lowest BCUT2D eigenvalue weighted by atomic mass is 9.78. The van der Waals surface area contributed by atoms with Gasteiger partial charge in [-0.2, -0.15) is 0 Å². The fourth-order valence-electron chi connectivity index (χ4n) is 3.58. The van der Waals surface area contributed by atoms with Crippen LogP contribution in [0.15, 0.2) is 30.3 Å². The van der Waals surface area contributed by atoms with E-state index in [0.717, 1.165) is 12.1 Å². The Bertz CT molecular complexity index is 970. The first-order chi connectivity index (χ1) is 13.5. The summed E-state index contributed by atoms with van der Waals surface area (Å²) >= 11 is 0. The molecule has 2 aromatic carbocycles. The van der Waals surface area contributed by atoms with Gasteiger partial charge in [-0.05, 0) is 56.9 Å². The van der Waals surface area contributed by atoms with Gasteiger partial charge in [0.25, 0.3) is 5.91 Å². The molecule has 2 aromatic rings. The van der Waals surface area contributed by atoms with Crippen LogP contribution in [0.1, 0.15) is 49.2 Å². The molecule has 0 radical (unpaired) electrons. The predicted octanol–water partition coefficient (Wildman–Crippen LogP) is 3.56. The molecule has 0 bridgehead atoms. The van der Waals surface area contributed by atoms with Crippen LogP contribution in [-0.4, -0.2) is 29.1 Å². The third-order valence-electron chi connectivity index (χ3n) is 6.00. The predicted molar refractivity (Wildman–Crippen MR) is 102 cm³/mol. The van der Waals surface area contributed by atoms with Crippen LogP contribution in [0.4, 0.5) is 13.2 Å². The largest absolute Gasteiger partial charge is 0.495 e. The van der Waals surface area contributed by atoms with Gasteiger partial charge in [-0.1, -0.05) is 12.1 Å². The highest BCUT2D eigenvalue weighted by molar-refractivity contribution is 6.62. The van der Waals surface area contributed by atoms with E-state index >= 15 is 0 Å². The second-order valence-corrected chi connectivity index (χ2v) is 8.49. The lowest BCUT2D eigenvalue weighted by molar-refractivity contribution is 0.00578. The number of fused-ring (bicyclic) bond motifs is 1. The van der Waals surface area contributed by atoms with Gasteiger partial charge >= 0.3 is 7.12 Å². The van der Waals surface area contributed by atoms with Gasteiger partial charge in [0.1, 0.15) is 17.5 Å². The fourth-order valence-corrected chi connectivity index (χ4v) is 3.58. The molecule has 0 aromatic heterocycles. The summed E-state index contributed by atoms with van der Waals surface area (Å²) in [6, 6.07) is 6.65. The van der Waals surface area contributed by atoms with E-state index in [1.807, 2.05) is 27.7 Å². The zero-order valence-electron chi connectivity index (χ0n) is 16.7. The molecule has 2 aliphatic heterocycles. The number of rotatable bonds is 3. The Morgan fingerprint density at radius 1 is 1.00 bits per heavy atom. The van der Waals surface area contributed by atoms with Crippen LogP contribution < -0.4 is 5.46 Å². The fraction of sp³-hybridized carbons (Fsp3) is 0.381. The van der Waals surface area contributed by atoms with Crippen molar-refractivity contribution in [2.24, 2.45) is 0 Å². The number of nitrogens with zero attached hydrogens (tertiary/aromatic N) is 1. The van der Waals surface area contributed by atoms with Crippen molar-refractivity contribution < 1.29 is 27.3 Å². The molecule has 0 N–H and O–H groups in total. The number of benzene rings is 2. The van der Waals surface area contributed by atoms with E-state index < -0.39 is 41.7 Å². The van der Waals surface area contributed by atoms with E-state index in [1.54, 1.807) is 6.07 Å². The molecule has 2 aliphatic rings. The molecule has 1 fully saturated rings. The first-order valence-corrected chi connectivity index (χ1v) is 9.40. The van der Waals surface area contributed by atoms with Crippen LogP contribution in [0.5, 0.6) is 0 Å². The molecule has 0 unspecified atom stereocenters. The second-order valence-electron chi connectivity index (χ2n) is 8.49. The molecule has 1 amide bonds. The van der Waals surface area contributed by atoms with E-state index in [1.165, 1.54) is 17.0 Å². The van der Waals surface area contributed by atoms with Gasteiger partial charge in [0.15, 0.2) is 0 Å². The normalized spacial score (nSPS) is 19.8. The van der Waals surface area contributed by atoms with Crippen molar-refractivity contribution >= 4 is 18.5 Å². The van der Waals surface area contributed by atoms with E-state index in [9.17, 15) is 18.0 Å². The summed E-state index contributed by atoms with van der Waals surface area (Å²) in [6.07, 6.45) is 0. The van der Waals surface area contributed by atoms with Crippen LogP contribution in [0.25, 0.3) is 0 Å². The summed E-state index contributed by atoms with van der Waals surface area (Å²) < 4.78 is 55.2. The smallest absolute Gasteiger partial charge is 0.399 e. The monoisotopic (exact) mass is 403 g/mol. The lowest BCUT2D eigenvalue weighted by Gasteiger charge is -2.32. The zero-order chi connectivity index (χ0) is 21.1. The van der Waals surface area contributed by atoms with Crippen molar-refractivity contribution in [1.82, 2.24) is 4.90 Å². The van der Waals surface area contributed by atoms with Crippen LogP contribution in [0, 0.1) is 17.5 Å².